The summed E-state index contributed by atoms with van der Waals surface area (Å²) in [6.07, 6.45) is 3.50. The van der Waals surface area contributed by atoms with Crippen LogP contribution in [0.5, 0.6) is 5.75 Å². The van der Waals surface area contributed by atoms with Crippen LogP contribution in [0.1, 0.15) is 24.0 Å². The predicted octanol–water partition coefficient (Wildman–Crippen LogP) is 3.17. The molecular formula is C22H25ClN4O3. The SMILES string of the molecule is N#Cc1ccc(NCC2CCC3(COCCN(Cc4cc(O)cc(Cl)c4)C3)O2)nc1. The van der Waals surface area contributed by atoms with Crippen molar-refractivity contribution < 1.29 is 14.6 Å². The number of nitrogens with one attached hydrogen (secondary N) is 1. The standard InChI is InChI=1S/C22H25ClN4O3/c23-18-7-17(8-19(28)9-18)13-27-5-6-29-15-22(14-27)4-3-20(30-22)12-26-21-2-1-16(10-24)11-25-21/h1-2,7-9,11,20,28H,3-6,12-15H2,(H,25,26). The van der Waals surface area contributed by atoms with Gasteiger partial charge in [0.25, 0.3) is 0 Å². The van der Waals surface area contributed by atoms with E-state index in [2.05, 4.69) is 21.3 Å². The second kappa shape index (κ2) is 9.19. The molecule has 0 radical (unpaired) electrons. The maximum absolute atomic E-state index is 9.82. The number of pyridine rings is 1. The van der Waals surface area contributed by atoms with Crippen molar-refractivity contribution in [2.75, 3.05) is 38.2 Å². The van der Waals surface area contributed by atoms with Crippen molar-refractivity contribution in [1.29, 1.82) is 5.26 Å². The number of phenols is 1. The number of halogens is 1. The third-order valence-electron chi connectivity index (χ3n) is 5.52. The number of nitrogens with zero attached hydrogens (tertiary/aromatic N) is 3. The fourth-order valence-electron chi connectivity index (χ4n) is 4.15. The third-order valence-corrected chi connectivity index (χ3v) is 5.74. The summed E-state index contributed by atoms with van der Waals surface area (Å²) in [6, 6.07) is 10.8. The molecule has 2 aliphatic rings. The average molecular weight is 429 g/mol. The van der Waals surface area contributed by atoms with Gasteiger partial charge in [-0.2, -0.15) is 5.26 Å². The molecule has 4 rings (SSSR count). The highest BCUT2D eigenvalue weighted by Crippen LogP contribution is 2.34. The Morgan fingerprint density at radius 2 is 2.27 bits per heavy atom. The molecule has 0 amide bonds. The van der Waals surface area contributed by atoms with Crippen LogP contribution < -0.4 is 5.32 Å². The van der Waals surface area contributed by atoms with Gasteiger partial charge in [-0.1, -0.05) is 11.6 Å². The number of hydrogen-bond donors (Lipinski definition) is 2. The Hall–Kier alpha value is -2.37. The van der Waals surface area contributed by atoms with Crippen LogP contribution in [-0.2, 0) is 16.0 Å². The molecule has 2 fully saturated rings. The summed E-state index contributed by atoms with van der Waals surface area (Å²) in [5.74, 6) is 0.913. The zero-order valence-corrected chi connectivity index (χ0v) is 17.4. The van der Waals surface area contributed by atoms with Crippen LogP contribution in [0.25, 0.3) is 0 Å². The van der Waals surface area contributed by atoms with E-state index in [0.717, 1.165) is 37.3 Å². The van der Waals surface area contributed by atoms with Gasteiger partial charge in [0.15, 0.2) is 0 Å². The van der Waals surface area contributed by atoms with Gasteiger partial charge in [-0.05, 0) is 48.7 Å². The minimum absolute atomic E-state index is 0.0706. The van der Waals surface area contributed by atoms with E-state index < -0.39 is 0 Å². The number of phenolic OH excluding ortho intramolecular Hbond substituents is 1. The van der Waals surface area contributed by atoms with Crippen molar-refractivity contribution in [3.63, 3.8) is 0 Å². The van der Waals surface area contributed by atoms with Crippen molar-refractivity contribution in [2.45, 2.75) is 31.1 Å². The van der Waals surface area contributed by atoms with Gasteiger partial charge in [0.1, 0.15) is 23.2 Å². The van der Waals surface area contributed by atoms with Crippen molar-refractivity contribution in [3.8, 4) is 11.8 Å². The second-order valence-electron chi connectivity index (χ2n) is 7.97. The van der Waals surface area contributed by atoms with Gasteiger partial charge in [-0.3, -0.25) is 4.90 Å². The van der Waals surface area contributed by atoms with Crippen LogP contribution in [0.15, 0.2) is 36.5 Å². The van der Waals surface area contributed by atoms with Crippen LogP contribution in [0.4, 0.5) is 5.82 Å². The number of benzene rings is 1. The summed E-state index contributed by atoms with van der Waals surface area (Å²) in [4.78, 5) is 6.55. The van der Waals surface area contributed by atoms with E-state index in [-0.39, 0.29) is 17.5 Å². The molecule has 158 valence electrons. The van der Waals surface area contributed by atoms with Gasteiger partial charge in [-0.15, -0.1) is 0 Å². The van der Waals surface area contributed by atoms with E-state index in [4.69, 9.17) is 26.3 Å². The fraction of sp³-hybridized carbons (Fsp3) is 0.455. The van der Waals surface area contributed by atoms with Crippen LogP contribution in [-0.4, -0.2) is 59.5 Å². The van der Waals surface area contributed by atoms with Gasteiger partial charge >= 0.3 is 0 Å². The van der Waals surface area contributed by atoms with Gasteiger partial charge < -0.3 is 19.9 Å². The number of anilines is 1. The van der Waals surface area contributed by atoms with E-state index in [0.29, 0.717) is 36.9 Å². The Labute approximate surface area is 181 Å². The average Bonchev–Trinajstić information content (AvgIpc) is 3.01. The molecule has 2 aliphatic heterocycles. The Balaban J connectivity index is 1.35. The normalized spacial score (nSPS) is 24.5. The summed E-state index contributed by atoms with van der Waals surface area (Å²) >= 11 is 6.09. The summed E-state index contributed by atoms with van der Waals surface area (Å²) in [6.45, 7) is 4.14. The molecule has 0 saturated carbocycles. The van der Waals surface area contributed by atoms with Crippen molar-refractivity contribution in [1.82, 2.24) is 9.88 Å². The van der Waals surface area contributed by atoms with Gasteiger partial charge in [0.05, 0.1) is 24.9 Å². The molecular weight excluding hydrogens is 404 g/mol. The molecule has 1 aromatic carbocycles. The highest BCUT2D eigenvalue weighted by atomic mass is 35.5. The molecule has 7 nitrogen and oxygen atoms in total. The Morgan fingerprint density at radius 3 is 3.03 bits per heavy atom. The molecule has 0 aliphatic carbocycles. The first-order chi connectivity index (χ1) is 14.5. The molecule has 30 heavy (non-hydrogen) atoms. The number of rotatable bonds is 5. The molecule has 2 saturated heterocycles. The van der Waals surface area contributed by atoms with Gasteiger partial charge in [0, 0.05) is 37.4 Å². The largest absolute Gasteiger partial charge is 0.508 e. The Morgan fingerprint density at radius 1 is 1.37 bits per heavy atom. The second-order valence-corrected chi connectivity index (χ2v) is 8.40. The monoisotopic (exact) mass is 428 g/mol. The Bertz CT molecular complexity index is 897. The smallest absolute Gasteiger partial charge is 0.126 e. The summed E-state index contributed by atoms with van der Waals surface area (Å²) in [7, 11) is 0. The summed E-state index contributed by atoms with van der Waals surface area (Å²) in [5.41, 5.74) is 1.18. The number of aromatic hydroxyl groups is 1. The van der Waals surface area contributed by atoms with Gasteiger partial charge in [-0.25, -0.2) is 4.98 Å². The zero-order valence-electron chi connectivity index (χ0n) is 16.7. The maximum atomic E-state index is 9.82. The molecule has 2 atom stereocenters. The van der Waals surface area contributed by atoms with E-state index in [1.165, 1.54) is 0 Å². The van der Waals surface area contributed by atoms with E-state index in [9.17, 15) is 5.11 Å². The van der Waals surface area contributed by atoms with Crippen LogP contribution in [0.2, 0.25) is 5.02 Å². The van der Waals surface area contributed by atoms with Crippen molar-refractivity contribution in [2.24, 2.45) is 0 Å². The summed E-state index contributed by atoms with van der Waals surface area (Å²) < 4.78 is 12.3. The zero-order chi connectivity index (χ0) is 21.0. The fourth-order valence-corrected chi connectivity index (χ4v) is 4.40. The molecule has 2 N–H and O–H groups in total. The number of aromatic nitrogens is 1. The van der Waals surface area contributed by atoms with Crippen LogP contribution in [0.3, 0.4) is 0 Å². The van der Waals surface area contributed by atoms with Crippen molar-refractivity contribution in [3.05, 3.63) is 52.7 Å². The summed E-state index contributed by atoms with van der Waals surface area (Å²) in [5, 5.41) is 22.5. The molecule has 2 aromatic rings. The number of ether oxygens (including phenoxy) is 2. The van der Waals surface area contributed by atoms with Gasteiger partial charge in [0.2, 0.25) is 0 Å². The van der Waals surface area contributed by atoms with E-state index in [1.807, 2.05) is 6.07 Å². The first-order valence-corrected chi connectivity index (χ1v) is 10.5. The highest BCUT2D eigenvalue weighted by Gasteiger charge is 2.43. The lowest BCUT2D eigenvalue weighted by atomic mass is 9.99. The van der Waals surface area contributed by atoms with Crippen LogP contribution in [0, 0.1) is 11.3 Å². The lowest BCUT2D eigenvalue weighted by Crippen LogP contribution is -2.44. The Kier molecular flexibility index (Phi) is 6.40. The topological polar surface area (TPSA) is 90.6 Å². The highest BCUT2D eigenvalue weighted by molar-refractivity contribution is 6.30. The first-order valence-electron chi connectivity index (χ1n) is 10.1. The molecule has 8 heteroatoms. The lowest BCUT2D eigenvalue weighted by molar-refractivity contribution is -0.0826. The third kappa shape index (κ3) is 5.21. The molecule has 0 bridgehead atoms. The molecule has 1 spiro atoms. The van der Waals surface area contributed by atoms with E-state index >= 15 is 0 Å². The number of hydrogen-bond acceptors (Lipinski definition) is 7. The molecule has 2 unspecified atom stereocenters. The van der Waals surface area contributed by atoms with Crippen LogP contribution >= 0.6 is 11.6 Å². The molecule has 3 heterocycles. The minimum atomic E-state index is -0.332. The lowest BCUT2D eigenvalue weighted by Gasteiger charge is -2.32. The quantitative estimate of drug-likeness (QED) is 0.755. The van der Waals surface area contributed by atoms with Crippen molar-refractivity contribution >= 4 is 17.4 Å². The number of nitriles is 1. The minimum Gasteiger partial charge on any atom is -0.508 e. The predicted molar refractivity (Wildman–Crippen MR) is 113 cm³/mol. The first kappa shape index (κ1) is 20.9. The maximum Gasteiger partial charge on any atom is 0.126 e. The molecule has 1 aromatic heterocycles. The van der Waals surface area contributed by atoms with E-state index in [1.54, 1.807) is 30.5 Å².